The van der Waals surface area contributed by atoms with Crippen LogP contribution in [0.5, 0.6) is 0 Å². The minimum atomic E-state index is -4.68. The summed E-state index contributed by atoms with van der Waals surface area (Å²) in [6.45, 7) is 0.397. The van der Waals surface area contributed by atoms with E-state index in [9.17, 15) is 17.6 Å². The van der Waals surface area contributed by atoms with Gasteiger partial charge in [-0.05, 0) is 29.8 Å². The van der Waals surface area contributed by atoms with E-state index in [0.29, 0.717) is 17.8 Å². The van der Waals surface area contributed by atoms with Crippen LogP contribution in [-0.2, 0) is 12.7 Å². The molecule has 0 aliphatic heterocycles. The summed E-state index contributed by atoms with van der Waals surface area (Å²) in [5.41, 5.74) is 2.58. The van der Waals surface area contributed by atoms with Gasteiger partial charge in [0.15, 0.2) is 0 Å². The summed E-state index contributed by atoms with van der Waals surface area (Å²) in [6, 6.07) is 12.5. The molecule has 142 valence electrons. The number of benzene rings is 2. The summed E-state index contributed by atoms with van der Waals surface area (Å²) in [4.78, 5) is 3.35. The lowest BCUT2D eigenvalue weighted by atomic mass is 10.1. The second-order valence-electron chi connectivity index (χ2n) is 5.93. The molecule has 0 amide bonds. The first kappa shape index (κ1) is 17.8. The van der Waals surface area contributed by atoms with Gasteiger partial charge >= 0.3 is 12.1 Å². The molecule has 6 nitrogen and oxygen atoms in total. The van der Waals surface area contributed by atoms with Crippen LogP contribution in [0, 0.1) is 5.82 Å². The molecule has 0 saturated heterocycles. The van der Waals surface area contributed by atoms with Crippen LogP contribution in [0.2, 0.25) is 0 Å². The standard InChI is InChI=1S/C18H11F4N5O/c19-14-7-5-12(6-8-14)15-10-27(26-24-15)9-11-1-3-13(4-2-11)16-23-17(28-25-16)18(20,21)22/h1-8,10H,9H2. The number of nitrogens with zero attached hydrogens (tertiary/aromatic N) is 5. The maximum atomic E-state index is 13.0. The van der Waals surface area contributed by atoms with Crippen molar-refractivity contribution in [2.24, 2.45) is 0 Å². The zero-order valence-electron chi connectivity index (χ0n) is 14.1. The van der Waals surface area contributed by atoms with E-state index in [4.69, 9.17) is 0 Å². The van der Waals surface area contributed by atoms with E-state index in [1.165, 1.54) is 12.1 Å². The zero-order chi connectivity index (χ0) is 19.7. The minimum Gasteiger partial charge on any atom is -0.329 e. The first-order valence-corrected chi connectivity index (χ1v) is 8.05. The van der Waals surface area contributed by atoms with Crippen molar-refractivity contribution in [2.45, 2.75) is 12.7 Å². The quantitative estimate of drug-likeness (QED) is 0.489. The topological polar surface area (TPSA) is 69.6 Å². The van der Waals surface area contributed by atoms with Crippen molar-refractivity contribution in [1.29, 1.82) is 0 Å². The molecule has 2 aromatic carbocycles. The van der Waals surface area contributed by atoms with Crippen LogP contribution in [0.3, 0.4) is 0 Å². The van der Waals surface area contributed by atoms with Gasteiger partial charge in [-0.1, -0.05) is 34.6 Å². The normalized spacial score (nSPS) is 11.7. The molecule has 0 fully saturated rings. The fourth-order valence-corrected chi connectivity index (χ4v) is 2.53. The van der Waals surface area contributed by atoms with Gasteiger partial charge in [-0.25, -0.2) is 9.07 Å². The van der Waals surface area contributed by atoms with Gasteiger partial charge < -0.3 is 4.52 Å². The Hall–Kier alpha value is -3.56. The molecule has 4 rings (SSSR count). The molecule has 0 N–H and O–H groups in total. The van der Waals surface area contributed by atoms with E-state index in [0.717, 1.165) is 11.1 Å². The molecule has 0 aliphatic carbocycles. The Labute approximate surface area is 155 Å². The van der Waals surface area contributed by atoms with Crippen molar-refractivity contribution >= 4 is 0 Å². The van der Waals surface area contributed by atoms with Crippen LogP contribution in [0.25, 0.3) is 22.6 Å². The number of rotatable bonds is 4. The maximum absolute atomic E-state index is 13.0. The van der Waals surface area contributed by atoms with Crippen LogP contribution in [0.15, 0.2) is 59.3 Å². The Bertz CT molecular complexity index is 1080. The van der Waals surface area contributed by atoms with Crippen molar-refractivity contribution in [2.75, 3.05) is 0 Å². The van der Waals surface area contributed by atoms with Gasteiger partial charge in [0.25, 0.3) is 0 Å². The molecule has 0 unspecified atom stereocenters. The third kappa shape index (κ3) is 3.75. The van der Waals surface area contributed by atoms with Crippen molar-refractivity contribution in [3.8, 4) is 22.6 Å². The highest BCUT2D eigenvalue weighted by Crippen LogP contribution is 2.29. The summed E-state index contributed by atoms with van der Waals surface area (Å²) >= 11 is 0. The highest BCUT2D eigenvalue weighted by Gasteiger charge is 2.38. The van der Waals surface area contributed by atoms with E-state index in [-0.39, 0.29) is 11.6 Å². The number of hydrogen-bond donors (Lipinski definition) is 0. The molecular weight excluding hydrogens is 378 g/mol. The van der Waals surface area contributed by atoms with Crippen molar-refractivity contribution in [3.63, 3.8) is 0 Å². The first-order valence-electron chi connectivity index (χ1n) is 8.05. The molecule has 0 atom stereocenters. The van der Waals surface area contributed by atoms with Gasteiger partial charge in [0.1, 0.15) is 11.5 Å². The Morgan fingerprint density at radius 2 is 1.61 bits per heavy atom. The van der Waals surface area contributed by atoms with Crippen LogP contribution in [-0.4, -0.2) is 25.1 Å². The maximum Gasteiger partial charge on any atom is 0.471 e. The lowest BCUT2D eigenvalue weighted by molar-refractivity contribution is -0.159. The predicted octanol–water partition coefficient (Wildman–Crippen LogP) is 4.20. The van der Waals surface area contributed by atoms with E-state index < -0.39 is 12.1 Å². The molecule has 0 radical (unpaired) electrons. The second kappa shape index (κ2) is 6.87. The fraction of sp³-hybridized carbons (Fsp3) is 0.111. The van der Waals surface area contributed by atoms with Crippen molar-refractivity contribution < 1.29 is 22.1 Å². The van der Waals surface area contributed by atoms with E-state index in [2.05, 4.69) is 25.0 Å². The average Bonchev–Trinajstić information content (AvgIpc) is 3.33. The molecule has 10 heteroatoms. The van der Waals surface area contributed by atoms with Gasteiger partial charge in [-0.2, -0.15) is 18.2 Å². The highest BCUT2D eigenvalue weighted by atomic mass is 19.4. The van der Waals surface area contributed by atoms with Crippen LogP contribution in [0.4, 0.5) is 17.6 Å². The zero-order valence-corrected chi connectivity index (χ0v) is 14.1. The van der Waals surface area contributed by atoms with Crippen molar-refractivity contribution in [1.82, 2.24) is 25.1 Å². The Balaban J connectivity index is 1.48. The summed E-state index contributed by atoms with van der Waals surface area (Å²) in [7, 11) is 0. The van der Waals surface area contributed by atoms with Gasteiger partial charge in [0, 0.05) is 11.1 Å². The summed E-state index contributed by atoms with van der Waals surface area (Å²) in [5.74, 6) is -1.86. The van der Waals surface area contributed by atoms with E-state index in [1.807, 2.05) is 0 Å². The minimum absolute atomic E-state index is 0.141. The molecule has 0 aliphatic rings. The molecule has 4 aromatic rings. The second-order valence-corrected chi connectivity index (χ2v) is 5.93. The highest BCUT2D eigenvalue weighted by molar-refractivity contribution is 5.57. The number of alkyl halides is 3. The van der Waals surface area contributed by atoms with Crippen molar-refractivity contribution in [3.05, 3.63) is 72.0 Å². The first-order chi connectivity index (χ1) is 13.4. The van der Waals surface area contributed by atoms with Gasteiger partial charge in [-0.15, -0.1) is 5.10 Å². The smallest absolute Gasteiger partial charge is 0.329 e. The summed E-state index contributed by atoms with van der Waals surface area (Å²) < 4.78 is 56.4. The van der Waals surface area contributed by atoms with Crippen LogP contribution >= 0.6 is 0 Å². The summed E-state index contributed by atoms with van der Waals surface area (Å²) in [6.07, 6.45) is -2.96. The molecule has 0 bridgehead atoms. The number of halogens is 4. The lowest BCUT2D eigenvalue weighted by Gasteiger charge is -2.02. The Morgan fingerprint density at radius 1 is 0.929 bits per heavy atom. The van der Waals surface area contributed by atoms with E-state index >= 15 is 0 Å². The molecule has 0 spiro atoms. The molecular formula is C18H11F4N5O. The summed E-state index contributed by atoms with van der Waals surface area (Å²) in [5, 5.41) is 11.4. The van der Waals surface area contributed by atoms with Crippen LogP contribution in [0.1, 0.15) is 11.5 Å². The van der Waals surface area contributed by atoms with Gasteiger partial charge in [-0.3, -0.25) is 0 Å². The van der Waals surface area contributed by atoms with E-state index in [1.54, 1.807) is 47.3 Å². The Kier molecular flexibility index (Phi) is 4.38. The average molecular weight is 389 g/mol. The van der Waals surface area contributed by atoms with Gasteiger partial charge in [0.05, 0.1) is 12.7 Å². The molecule has 0 saturated carbocycles. The molecule has 2 aromatic heterocycles. The monoisotopic (exact) mass is 389 g/mol. The predicted molar refractivity (Wildman–Crippen MR) is 89.3 cm³/mol. The lowest BCUT2D eigenvalue weighted by Crippen LogP contribution is -2.04. The van der Waals surface area contributed by atoms with Crippen LogP contribution < -0.4 is 0 Å². The van der Waals surface area contributed by atoms with Gasteiger partial charge in [0.2, 0.25) is 5.82 Å². The molecule has 2 heterocycles. The number of aromatic nitrogens is 5. The Morgan fingerprint density at radius 3 is 2.25 bits per heavy atom. The largest absolute Gasteiger partial charge is 0.471 e. The third-order valence-corrected chi connectivity index (χ3v) is 3.90. The fourth-order valence-electron chi connectivity index (χ4n) is 2.53. The SMILES string of the molecule is Fc1ccc(-c2cn(Cc3ccc(-c4noc(C(F)(F)F)n4)cc3)nn2)cc1. The third-order valence-electron chi connectivity index (χ3n) is 3.90. The number of hydrogen-bond acceptors (Lipinski definition) is 5. The molecule has 28 heavy (non-hydrogen) atoms.